The normalized spacial score (nSPS) is 20.9. The van der Waals surface area contributed by atoms with Crippen molar-refractivity contribution in [3.05, 3.63) is 53.1 Å². The van der Waals surface area contributed by atoms with Gasteiger partial charge < -0.3 is 39.5 Å². The minimum Gasteiger partial charge on any atom is -0.504 e. The van der Waals surface area contributed by atoms with Crippen molar-refractivity contribution in [1.82, 2.24) is 19.6 Å². The Balaban J connectivity index is 1.09. The van der Waals surface area contributed by atoms with Gasteiger partial charge in [0.1, 0.15) is 0 Å². The molecule has 2 N–H and O–H groups in total. The van der Waals surface area contributed by atoms with Gasteiger partial charge >= 0.3 is 12.1 Å². The number of ether oxygens (including phenoxy) is 2. The molecule has 6 rings (SSSR count). The first-order valence-corrected chi connectivity index (χ1v) is 17.6. The number of rotatable bonds is 7. The number of benzene rings is 2. The summed E-state index contributed by atoms with van der Waals surface area (Å²) in [5, 5.41) is 13.4. The van der Waals surface area contributed by atoms with Crippen LogP contribution in [0, 0.1) is 18.8 Å². The van der Waals surface area contributed by atoms with E-state index in [-0.39, 0.29) is 30.2 Å². The van der Waals surface area contributed by atoms with Crippen molar-refractivity contribution >= 4 is 23.7 Å². The van der Waals surface area contributed by atoms with E-state index in [1.165, 1.54) is 20.0 Å². The van der Waals surface area contributed by atoms with Gasteiger partial charge in [-0.3, -0.25) is 4.79 Å². The van der Waals surface area contributed by atoms with E-state index in [0.29, 0.717) is 68.7 Å². The second kappa shape index (κ2) is 15.1. The summed E-state index contributed by atoms with van der Waals surface area (Å²) in [5.74, 6) is 1.53. The third kappa shape index (κ3) is 7.66. The standard InChI is InChI=1S/C37H51N5O6/c1-25-22-26(23-32(47-3)34(25)43)24-33(35(44)40-17-10-28(11-18-40)27-8-15-39(2)16-9-27)48-37(46)41-19-13-30(14-20-41)42-21-12-29-6-4-5-7-31(29)38-36(42)45/h4-7,22-23,27-28,30,33,43H,8-21,24H2,1-3H3,(H,38,45)/t33-/m1/s1. The maximum atomic E-state index is 14.1. The molecule has 4 aliphatic heterocycles. The van der Waals surface area contributed by atoms with Crippen LogP contribution in [0.2, 0.25) is 0 Å². The molecular weight excluding hydrogens is 610 g/mol. The Hall–Kier alpha value is -3.99. The van der Waals surface area contributed by atoms with Crippen LogP contribution in [0.3, 0.4) is 0 Å². The van der Waals surface area contributed by atoms with E-state index in [1.54, 1.807) is 17.9 Å². The van der Waals surface area contributed by atoms with Crippen LogP contribution in [0.5, 0.6) is 11.5 Å². The van der Waals surface area contributed by atoms with E-state index >= 15 is 0 Å². The molecule has 4 amide bonds. The van der Waals surface area contributed by atoms with Crippen LogP contribution in [0.1, 0.15) is 55.2 Å². The van der Waals surface area contributed by atoms with Crippen LogP contribution < -0.4 is 10.1 Å². The summed E-state index contributed by atoms with van der Waals surface area (Å²) in [5.41, 5.74) is 3.36. The maximum absolute atomic E-state index is 14.1. The number of para-hydroxylation sites is 1. The Bertz CT molecular complexity index is 1460. The number of amides is 4. The molecule has 2 aromatic carbocycles. The zero-order chi connectivity index (χ0) is 33.8. The summed E-state index contributed by atoms with van der Waals surface area (Å²) in [7, 11) is 3.67. The molecule has 0 aliphatic carbocycles. The lowest BCUT2D eigenvalue weighted by Gasteiger charge is -2.40. The number of carbonyl (C=O) groups excluding carboxylic acids is 3. The van der Waals surface area contributed by atoms with Gasteiger partial charge in [-0.1, -0.05) is 24.3 Å². The van der Waals surface area contributed by atoms with E-state index in [1.807, 2.05) is 40.1 Å². The summed E-state index contributed by atoms with van der Waals surface area (Å²) in [6, 6.07) is 11.3. The van der Waals surface area contributed by atoms with Crippen molar-refractivity contribution in [2.45, 2.75) is 70.4 Å². The highest BCUT2D eigenvalue weighted by atomic mass is 16.6. The van der Waals surface area contributed by atoms with Gasteiger partial charge in [0.15, 0.2) is 17.6 Å². The number of piperidine rings is 3. The number of urea groups is 1. The van der Waals surface area contributed by atoms with Gasteiger partial charge in [0.2, 0.25) is 0 Å². The average molecular weight is 662 g/mol. The average Bonchev–Trinajstić information content (AvgIpc) is 3.27. The molecule has 0 spiro atoms. The number of hydrogen-bond donors (Lipinski definition) is 2. The molecular formula is C37H51N5O6. The molecule has 0 unspecified atom stereocenters. The van der Waals surface area contributed by atoms with Gasteiger partial charge in [-0.15, -0.1) is 0 Å². The monoisotopic (exact) mass is 661 g/mol. The number of carbonyl (C=O) groups is 3. The van der Waals surface area contributed by atoms with Crippen molar-refractivity contribution in [2.24, 2.45) is 11.8 Å². The largest absolute Gasteiger partial charge is 0.504 e. The number of phenols is 1. The number of fused-ring (bicyclic) bond motifs is 1. The van der Waals surface area contributed by atoms with Crippen molar-refractivity contribution in [2.75, 3.05) is 65.3 Å². The van der Waals surface area contributed by atoms with Crippen molar-refractivity contribution < 1.29 is 29.0 Å². The fourth-order valence-corrected chi connectivity index (χ4v) is 8.08. The number of methoxy groups -OCH3 is 1. The second-order valence-corrected chi connectivity index (χ2v) is 14.1. The first-order chi connectivity index (χ1) is 23.2. The summed E-state index contributed by atoms with van der Waals surface area (Å²) >= 11 is 0. The lowest BCUT2D eigenvalue weighted by molar-refractivity contribution is -0.142. The Morgan fingerprint density at radius 1 is 0.917 bits per heavy atom. The Morgan fingerprint density at radius 2 is 1.56 bits per heavy atom. The number of hydrogen-bond acceptors (Lipinski definition) is 7. The molecule has 3 fully saturated rings. The molecule has 4 heterocycles. The van der Waals surface area contributed by atoms with E-state index < -0.39 is 12.2 Å². The topological polar surface area (TPSA) is 115 Å². The number of phenolic OH excluding ortho intramolecular Hbond substituents is 1. The van der Waals surface area contributed by atoms with Crippen molar-refractivity contribution in [1.29, 1.82) is 0 Å². The zero-order valence-electron chi connectivity index (χ0n) is 28.7. The van der Waals surface area contributed by atoms with Crippen LogP contribution in [0.25, 0.3) is 0 Å². The highest BCUT2D eigenvalue weighted by Gasteiger charge is 2.37. The van der Waals surface area contributed by atoms with E-state index in [0.717, 1.165) is 49.2 Å². The summed E-state index contributed by atoms with van der Waals surface area (Å²) in [6.07, 6.45) is 5.08. The number of aromatic hydroxyl groups is 1. The maximum Gasteiger partial charge on any atom is 0.410 e. The molecule has 0 bridgehead atoms. The fraction of sp³-hybridized carbons (Fsp3) is 0.595. The van der Waals surface area contributed by atoms with Gasteiger partial charge in [-0.25, -0.2) is 9.59 Å². The lowest BCUT2D eigenvalue weighted by Crippen LogP contribution is -2.52. The molecule has 1 atom stereocenters. The summed E-state index contributed by atoms with van der Waals surface area (Å²) in [6.45, 7) is 6.88. The number of nitrogens with one attached hydrogen (secondary N) is 1. The van der Waals surface area contributed by atoms with Crippen molar-refractivity contribution in [3.8, 4) is 11.5 Å². The van der Waals surface area contributed by atoms with Crippen LogP contribution in [-0.4, -0.2) is 115 Å². The third-order valence-corrected chi connectivity index (χ3v) is 11.1. The third-order valence-electron chi connectivity index (χ3n) is 11.1. The SMILES string of the molecule is COc1cc(C[C@@H](OC(=O)N2CCC(N3CCc4ccccc4NC3=O)CC2)C(=O)N2CCC(C3CCN(C)CC3)CC2)cc(C)c1O. The van der Waals surface area contributed by atoms with Gasteiger partial charge in [-0.05, 0) is 113 Å². The highest BCUT2D eigenvalue weighted by molar-refractivity contribution is 5.91. The van der Waals surface area contributed by atoms with Crippen LogP contribution in [0.15, 0.2) is 36.4 Å². The Morgan fingerprint density at radius 3 is 2.25 bits per heavy atom. The van der Waals surface area contributed by atoms with Crippen LogP contribution in [0.4, 0.5) is 15.3 Å². The Labute approximate surface area is 284 Å². The van der Waals surface area contributed by atoms with Gasteiger partial charge in [0.25, 0.3) is 5.91 Å². The molecule has 0 aromatic heterocycles. The van der Waals surface area contributed by atoms with E-state index in [2.05, 4.69) is 17.3 Å². The molecule has 3 saturated heterocycles. The molecule has 0 saturated carbocycles. The quantitative estimate of drug-likeness (QED) is 0.434. The molecule has 11 nitrogen and oxygen atoms in total. The van der Waals surface area contributed by atoms with E-state index in [9.17, 15) is 19.5 Å². The molecule has 0 radical (unpaired) electrons. The smallest absolute Gasteiger partial charge is 0.410 e. The number of aryl methyl sites for hydroxylation is 1. The minimum absolute atomic E-state index is 0.0130. The molecule has 260 valence electrons. The van der Waals surface area contributed by atoms with E-state index in [4.69, 9.17) is 9.47 Å². The Kier molecular flexibility index (Phi) is 10.6. The molecule has 2 aromatic rings. The van der Waals surface area contributed by atoms with Crippen LogP contribution >= 0.6 is 0 Å². The number of nitrogens with zero attached hydrogens (tertiary/aromatic N) is 4. The van der Waals surface area contributed by atoms with Crippen molar-refractivity contribution in [3.63, 3.8) is 0 Å². The highest BCUT2D eigenvalue weighted by Crippen LogP contribution is 2.34. The molecule has 48 heavy (non-hydrogen) atoms. The predicted octanol–water partition coefficient (Wildman–Crippen LogP) is 4.89. The predicted molar refractivity (Wildman–Crippen MR) is 183 cm³/mol. The first kappa shape index (κ1) is 33.9. The molecule has 4 aliphatic rings. The van der Waals surface area contributed by atoms with Gasteiger partial charge in [0.05, 0.1) is 7.11 Å². The molecule has 11 heteroatoms. The lowest BCUT2D eigenvalue weighted by atomic mass is 9.79. The van der Waals surface area contributed by atoms with Gasteiger partial charge in [-0.2, -0.15) is 0 Å². The first-order valence-electron chi connectivity index (χ1n) is 17.6. The van der Waals surface area contributed by atoms with Gasteiger partial charge in [0, 0.05) is 50.9 Å². The number of anilines is 1. The minimum atomic E-state index is -1.00. The summed E-state index contributed by atoms with van der Waals surface area (Å²) in [4.78, 5) is 48.6. The zero-order valence-corrected chi connectivity index (χ0v) is 28.7. The summed E-state index contributed by atoms with van der Waals surface area (Å²) < 4.78 is 11.4. The van der Waals surface area contributed by atoms with Crippen LogP contribution in [-0.2, 0) is 22.4 Å². The fourth-order valence-electron chi connectivity index (χ4n) is 8.08. The second-order valence-electron chi connectivity index (χ2n) is 14.1. The number of likely N-dealkylation sites (tertiary alicyclic amines) is 3.